The lowest BCUT2D eigenvalue weighted by Crippen LogP contribution is -2.14. The fourth-order valence-electron chi connectivity index (χ4n) is 2.05. The van der Waals surface area contributed by atoms with Crippen LogP contribution in [0.3, 0.4) is 0 Å². The summed E-state index contributed by atoms with van der Waals surface area (Å²) < 4.78 is 0. The van der Waals surface area contributed by atoms with Crippen molar-refractivity contribution in [2.75, 3.05) is 23.7 Å². The summed E-state index contributed by atoms with van der Waals surface area (Å²) in [5.41, 5.74) is 0. The molecule has 0 amide bonds. The van der Waals surface area contributed by atoms with E-state index in [1.807, 2.05) is 0 Å². The van der Waals surface area contributed by atoms with E-state index < -0.39 is 0 Å². The molecule has 0 radical (unpaired) electrons. The second-order valence-corrected chi connectivity index (χ2v) is 5.52. The highest BCUT2D eigenvalue weighted by Crippen LogP contribution is 2.26. The van der Waals surface area contributed by atoms with Gasteiger partial charge in [-0.25, -0.2) is 4.98 Å². The molecule has 0 aromatic carbocycles. The first kappa shape index (κ1) is 14.1. The smallest absolute Gasteiger partial charge is 0.226 e. The number of anilines is 2. The summed E-state index contributed by atoms with van der Waals surface area (Å²) in [6.45, 7) is 8.34. The van der Waals surface area contributed by atoms with Gasteiger partial charge in [0.25, 0.3) is 0 Å². The van der Waals surface area contributed by atoms with Crippen molar-refractivity contribution in [1.82, 2.24) is 9.97 Å². The fraction of sp³-hybridized carbons (Fsp3) is 0.571. The summed E-state index contributed by atoms with van der Waals surface area (Å²) in [5.74, 6) is 2.37. The normalized spacial score (nSPS) is 11.2. The van der Waals surface area contributed by atoms with E-state index in [0.717, 1.165) is 29.1 Å². The SMILES string of the molecule is CCNc1nc(NCC(CC)CC)c2ccsc2n1. The third-order valence-electron chi connectivity index (χ3n) is 3.37. The van der Waals surface area contributed by atoms with Gasteiger partial charge in [-0.05, 0) is 24.3 Å². The lowest BCUT2D eigenvalue weighted by atomic mass is 10.0. The van der Waals surface area contributed by atoms with Crippen molar-refractivity contribution in [1.29, 1.82) is 0 Å². The maximum atomic E-state index is 4.58. The molecule has 2 aromatic heterocycles. The van der Waals surface area contributed by atoms with Crippen molar-refractivity contribution in [3.8, 4) is 0 Å². The zero-order valence-corrected chi connectivity index (χ0v) is 12.7. The Hall–Kier alpha value is -1.36. The van der Waals surface area contributed by atoms with Gasteiger partial charge in [-0.3, -0.25) is 0 Å². The predicted molar refractivity (Wildman–Crippen MR) is 84.1 cm³/mol. The Bertz CT molecular complexity index is 519. The quantitative estimate of drug-likeness (QED) is 0.804. The standard InChI is InChI=1S/C14H22N4S/c1-4-10(5-2)9-16-12-11-7-8-19-13(11)18-14(17-12)15-6-3/h7-8,10H,4-6,9H2,1-3H3,(H2,15,16,17,18). The summed E-state index contributed by atoms with van der Waals surface area (Å²) in [4.78, 5) is 10.1. The first-order valence-corrected chi connectivity index (χ1v) is 7.89. The van der Waals surface area contributed by atoms with Crippen LogP contribution in [-0.2, 0) is 0 Å². The summed E-state index contributed by atoms with van der Waals surface area (Å²) >= 11 is 1.66. The monoisotopic (exact) mass is 278 g/mol. The largest absolute Gasteiger partial charge is 0.369 e. The Labute approximate surface area is 118 Å². The van der Waals surface area contributed by atoms with E-state index >= 15 is 0 Å². The highest BCUT2D eigenvalue weighted by molar-refractivity contribution is 7.16. The summed E-state index contributed by atoms with van der Waals surface area (Å²) in [5, 5.41) is 9.87. The predicted octanol–water partition coefficient (Wildman–Crippen LogP) is 3.97. The van der Waals surface area contributed by atoms with Crippen LogP contribution in [0, 0.1) is 5.92 Å². The van der Waals surface area contributed by atoms with Crippen LogP contribution in [0.15, 0.2) is 11.4 Å². The number of hydrogen-bond donors (Lipinski definition) is 2. The Morgan fingerprint density at radius 2 is 1.95 bits per heavy atom. The first-order valence-electron chi connectivity index (χ1n) is 7.01. The maximum Gasteiger partial charge on any atom is 0.226 e. The van der Waals surface area contributed by atoms with Crippen LogP contribution in [0.4, 0.5) is 11.8 Å². The molecule has 2 rings (SSSR count). The van der Waals surface area contributed by atoms with E-state index in [1.165, 1.54) is 12.8 Å². The summed E-state index contributed by atoms with van der Waals surface area (Å²) in [6.07, 6.45) is 2.39. The zero-order chi connectivity index (χ0) is 13.7. The van der Waals surface area contributed by atoms with Crippen LogP contribution in [-0.4, -0.2) is 23.1 Å². The molecule has 2 N–H and O–H groups in total. The van der Waals surface area contributed by atoms with Crippen molar-refractivity contribution >= 4 is 33.3 Å². The Balaban J connectivity index is 2.22. The molecule has 19 heavy (non-hydrogen) atoms. The topological polar surface area (TPSA) is 49.8 Å². The number of hydrogen-bond acceptors (Lipinski definition) is 5. The molecule has 0 fully saturated rings. The van der Waals surface area contributed by atoms with E-state index in [-0.39, 0.29) is 0 Å². The maximum absolute atomic E-state index is 4.58. The van der Waals surface area contributed by atoms with Crippen molar-refractivity contribution in [3.05, 3.63) is 11.4 Å². The lowest BCUT2D eigenvalue weighted by Gasteiger charge is -2.15. The molecular formula is C14H22N4S. The molecule has 0 bridgehead atoms. The molecular weight excluding hydrogens is 256 g/mol. The van der Waals surface area contributed by atoms with Crippen LogP contribution < -0.4 is 10.6 Å². The molecule has 0 aliphatic heterocycles. The van der Waals surface area contributed by atoms with Gasteiger partial charge in [0.1, 0.15) is 10.6 Å². The van der Waals surface area contributed by atoms with Gasteiger partial charge in [0, 0.05) is 13.1 Å². The van der Waals surface area contributed by atoms with Gasteiger partial charge in [0.15, 0.2) is 0 Å². The van der Waals surface area contributed by atoms with E-state index in [0.29, 0.717) is 11.9 Å². The van der Waals surface area contributed by atoms with E-state index in [4.69, 9.17) is 0 Å². The summed E-state index contributed by atoms with van der Waals surface area (Å²) in [6, 6.07) is 2.09. The number of rotatable bonds is 7. The van der Waals surface area contributed by atoms with Gasteiger partial charge < -0.3 is 10.6 Å². The Kier molecular flexibility index (Phi) is 4.96. The van der Waals surface area contributed by atoms with Gasteiger partial charge in [0.2, 0.25) is 5.95 Å². The highest BCUT2D eigenvalue weighted by atomic mass is 32.1. The molecule has 2 heterocycles. The molecule has 0 aliphatic rings. The minimum absolute atomic E-state index is 0.700. The molecule has 5 heteroatoms. The van der Waals surface area contributed by atoms with Gasteiger partial charge in [0.05, 0.1) is 5.39 Å². The Morgan fingerprint density at radius 1 is 1.16 bits per heavy atom. The van der Waals surface area contributed by atoms with Crippen LogP contribution in [0.25, 0.3) is 10.2 Å². The minimum atomic E-state index is 0.700. The lowest BCUT2D eigenvalue weighted by molar-refractivity contribution is 0.518. The van der Waals surface area contributed by atoms with E-state index in [9.17, 15) is 0 Å². The Morgan fingerprint density at radius 3 is 2.63 bits per heavy atom. The van der Waals surface area contributed by atoms with E-state index in [2.05, 4.69) is 52.8 Å². The fourth-order valence-corrected chi connectivity index (χ4v) is 2.81. The van der Waals surface area contributed by atoms with Gasteiger partial charge in [-0.1, -0.05) is 26.7 Å². The van der Waals surface area contributed by atoms with E-state index in [1.54, 1.807) is 11.3 Å². The van der Waals surface area contributed by atoms with Crippen LogP contribution in [0.2, 0.25) is 0 Å². The number of nitrogens with one attached hydrogen (secondary N) is 2. The zero-order valence-electron chi connectivity index (χ0n) is 11.9. The first-order chi connectivity index (χ1) is 9.28. The minimum Gasteiger partial charge on any atom is -0.369 e. The second-order valence-electron chi connectivity index (χ2n) is 4.63. The molecule has 2 aromatic rings. The van der Waals surface area contributed by atoms with Gasteiger partial charge in [-0.15, -0.1) is 11.3 Å². The molecule has 0 saturated carbocycles. The average molecular weight is 278 g/mol. The molecule has 0 unspecified atom stereocenters. The molecule has 0 spiro atoms. The highest BCUT2D eigenvalue weighted by Gasteiger charge is 2.10. The van der Waals surface area contributed by atoms with Crippen LogP contribution >= 0.6 is 11.3 Å². The molecule has 4 nitrogen and oxygen atoms in total. The van der Waals surface area contributed by atoms with Crippen molar-refractivity contribution in [3.63, 3.8) is 0 Å². The van der Waals surface area contributed by atoms with Crippen molar-refractivity contribution in [2.24, 2.45) is 5.92 Å². The second kappa shape index (κ2) is 6.70. The number of fused-ring (bicyclic) bond motifs is 1. The number of thiophene rings is 1. The van der Waals surface area contributed by atoms with Crippen LogP contribution in [0.1, 0.15) is 33.6 Å². The molecule has 0 saturated heterocycles. The molecule has 104 valence electrons. The average Bonchev–Trinajstić information content (AvgIpc) is 2.88. The van der Waals surface area contributed by atoms with Gasteiger partial charge >= 0.3 is 0 Å². The third-order valence-corrected chi connectivity index (χ3v) is 4.18. The van der Waals surface area contributed by atoms with Crippen molar-refractivity contribution < 1.29 is 0 Å². The number of nitrogens with zero attached hydrogens (tertiary/aromatic N) is 2. The summed E-state index contributed by atoms with van der Waals surface area (Å²) in [7, 11) is 0. The third kappa shape index (κ3) is 3.35. The van der Waals surface area contributed by atoms with Crippen LogP contribution in [0.5, 0.6) is 0 Å². The van der Waals surface area contributed by atoms with Gasteiger partial charge in [-0.2, -0.15) is 4.98 Å². The molecule has 0 atom stereocenters. The molecule has 0 aliphatic carbocycles. The number of aromatic nitrogens is 2. The van der Waals surface area contributed by atoms with Crippen molar-refractivity contribution in [2.45, 2.75) is 33.6 Å².